The molecule has 0 aromatic rings. The zero-order valence-corrected chi connectivity index (χ0v) is 21.4. The first kappa shape index (κ1) is 27.9. The average molecular weight is 545 g/mol. The lowest BCUT2D eigenvalue weighted by atomic mass is 9.98. The number of hydrogen-bond donors (Lipinski definition) is 1. The number of imide groups is 1. The van der Waals surface area contributed by atoms with Crippen LogP contribution in [0.25, 0.3) is 0 Å². The van der Waals surface area contributed by atoms with Gasteiger partial charge in [0.2, 0.25) is 5.91 Å². The van der Waals surface area contributed by atoms with Gasteiger partial charge in [-0.25, -0.2) is 0 Å². The minimum absolute atomic E-state index is 0.000101. The molecular weight excluding hydrogens is 521 g/mol. The van der Waals surface area contributed by atoms with Gasteiger partial charge in [0.25, 0.3) is 11.8 Å². The maximum atomic E-state index is 13.3. The fraction of sp³-hybridized carbons (Fsp3) is 0.722. The first-order chi connectivity index (χ1) is 13.6. The van der Waals surface area contributed by atoms with E-state index in [1.54, 1.807) is 20.8 Å². The molecule has 1 aliphatic rings. The van der Waals surface area contributed by atoms with Gasteiger partial charge in [0.15, 0.2) is 7.59 Å². The molecule has 4 atom stereocenters. The molecule has 0 fully saturated rings. The van der Waals surface area contributed by atoms with Crippen LogP contribution in [0.5, 0.6) is 0 Å². The first-order valence-corrected chi connectivity index (χ1v) is 11.5. The van der Waals surface area contributed by atoms with Crippen LogP contribution in [0.2, 0.25) is 0 Å². The Morgan fingerprint density at radius 1 is 1.13 bits per heavy atom. The number of alkyl halides is 6. The van der Waals surface area contributed by atoms with Crippen molar-refractivity contribution < 1.29 is 19.1 Å². The standard InChI is InChI=1S/C18H24Cl6N2O4/c1-5-14(27)25-11(6-9(2)17(19,20)21)16(29)26-12(7-10(3)18(22,23)24)13(30-4)8-15(26)28/h8-12H,5-7H2,1-4H3,(H,25,27). The molecule has 6 nitrogen and oxygen atoms in total. The van der Waals surface area contributed by atoms with Crippen LogP contribution in [0.15, 0.2) is 11.8 Å². The average Bonchev–Trinajstić information content (AvgIpc) is 2.93. The topological polar surface area (TPSA) is 75.7 Å². The number of halogens is 6. The van der Waals surface area contributed by atoms with Crippen LogP contribution >= 0.6 is 69.6 Å². The van der Waals surface area contributed by atoms with E-state index in [4.69, 9.17) is 74.3 Å². The maximum absolute atomic E-state index is 13.3. The van der Waals surface area contributed by atoms with E-state index in [0.717, 1.165) is 4.90 Å². The van der Waals surface area contributed by atoms with Crippen LogP contribution in [0.1, 0.15) is 40.0 Å². The fourth-order valence-corrected chi connectivity index (χ4v) is 3.42. The second kappa shape index (κ2) is 11.2. The summed E-state index contributed by atoms with van der Waals surface area (Å²) < 4.78 is 2.00. The van der Waals surface area contributed by atoms with Crippen molar-refractivity contribution in [3.05, 3.63) is 11.8 Å². The van der Waals surface area contributed by atoms with Crippen molar-refractivity contribution in [1.29, 1.82) is 0 Å². The van der Waals surface area contributed by atoms with Crippen LogP contribution in [0, 0.1) is 11.8 Å². The van der Waals surface area contributed by atoms with Crippen molar-refractivity contribution in [2.75, 3.05) is 7.11 Å². The number of rotatable bonds is 8. The number of ether oxygens (including phenoxy) is 1. The van der Waals surface area contributed by atoms with Gasteiger partial charge in [-0.1, -0.05) is 90.4 Å². The summed E-state index contributed by atoms with van der Waals surface area (Å²) in [5.74, 6) is -2.51. The zero-order chi connectivity index (χ0) is 23.4. The summed E-state index contributed by atoms with van der Waals surface area (Å²) in [5.41, 5.74) is 0. The molecule has 1 aliphatic heterocycles. The third kappa shape index (κ3) is 7.49. The van der Waals surface area contributed by atoms with Gasteiger partial charge < -0.3 is 10.1 Å². The monoisotopic (exact) mass is 542 g/mol. The van der Waals surface area contributed by atoms with Gasteiger partial charge in [-0.15, -0.1) is 0 Å². The first-order valence-electron chi connectivity index (χ1n) is 9.18. The maximum Gasteiger partial charge on any atom is 0.257 e. The molecule has 0 saturated heterocycles. The van der Waals surface area contributed by atoms with Crippen molar-refractivity contribution in [1.82, 2.24) is 10.2 Å². The summed E-state index contributed by atoms with van der Waals surface area (Å²) in [6, 6.07) is -1.90. The Morgan fingerprint density at radius 2 is 1.67 bits per heavy atom. The summed E-state index contributed by atoms with van der Waals surface area (Å²) in [4.78, 5) is 39.0. The fourth-order valence-electron chi connectivity index (χ4n) is 2.89. The molecule has 0 aliphatic carbocycles. The Balaban J connectivity index is 3.22. The van der Waals surface area contributed by atoms with Gasteiger partial charge in [-0.3, -0.25) is 19.3 Å². The number of carbonyl (C=O) groups is 3. The Morgan fingerprint density at radius 3 is 2.10 bits per heavy atom. The summed E-state index contributed by atoms with van der Waals surface area (Å²) >= 11 is 35.7. The van der Waals surface area contributed by atoms with E-state index in [1.807, 2.05) is 0 Å². The summed E-state index contributed by atoms with van der Waals surface area (Å²) in [7, 11) is 1.38. The molecule has 1 N–H and O–H groups in total. The highest BCUT2D eigenvalue weighted by Gasteiger charge is 2.45. The van der Waals surface area contributed by atoms with Crippen molar-refractivity contribution in [2.45, 2.75) is 59.7 Å². The molecule has 1 rings (SSSR count). The molecule has 1 heterocycles. The lowest BCUT2D eigenvalue weighted by molar-refractivity contribution is -0.146. The van der Waals surface area contributed by atoms with Gasteiger partial charge in [0.1, 0.15) is 11.8 Å². The van der Waals surface area contributed by atoms with E-state index >= 15 is 0 Å². The van der Waals surface area contributed by atoms with Crippen LogP contribution in [-0.2, 0) is 19.1 Å². The molecule has 0 bridgehead atoms. The van der Waals surface area contributed by atoms with Crippen LogP contribution in [0.4, 0.5) is 0 Å². The molecule has 12 heteroatoms. The molecule has 4 unspecified atom stereocenters. The SMILES string of the molecule is CCC(=O)NC(CC(C)C(Cl)(Cl)Cl)C(=O)N1C(=O)C=C(OC)C1CC(C)C(Cl)(Cl)Cl. The number of nitrogens with one attached hydrogen (secondary N) is 1. The van der Waals surface area contributed by atoms with Crippen molar-refractivity contribution >= 4 is 87.3 Å². The second-order valence-electron chi connectivity index (χ2n) is 7.14. The van der Waals surface area contributed by atoms with E-state index < -0.39 is 43.3 Å². The summed E-state index contributed by atoms with van der Waals surface area (Å²) in [6.07, 6.45) is 1.47. The molecule has 0 spiro atoms. The summed E-state index contributed by atoms with van der Waals surface area (Å²) in [6.45, 7) is 4.93. The molecule has 0 aromatic heterocycles. The van der Waals surface area contributed by atoms with Crippen molar-refractivity contribution in [3.63, 3.8) is 0 Å². The smallest absolute Gasteiger partial charge is 0.257 e. The number of amides is 3. The van der Waals surface area contributed by atoms with Gasteiger partial charge in [-0.2, -0.15) is 0 Å². The molecule has 0 radical (unpaired) electrons. The minimum Gasteiger partial charge on any atom is -0.499 e. The lowest BCUT2D eigenvalue weighted by Crippen LogP contribution is -2.53. The quantitative estimate of drug-likeness (QED) is 0.439. The zero-order valence-electron chi connectivity index (χ0n) is 16.9. The van der Waals surface area contributed by atoms with Gasteiger partial charge >= 0.3 is 0 Å². The third-order valence-corrected chi connectivity index (χ3v) is 7.09. The van der Waals surface area contributed by atoms with Crippen LogP contribution in [-0.4, -0.2) is 49.4 Å². The van der Waals surface area contributed by atoms with E-state index in [9.17, 15) is 14.4 Å². The molecule has 3 amide bonds. The number of hydrogen-bond acceptors (Lipinski definition) is 4. The molecule has 172 valence electrons. The highest BCUT2D eigenvalue weighted by Crippen LogP contribution is 2.41. The third-order valence-electron chi connectivity index (χ3n) is 4.85. The van der Waals surface area contributed by atoms with Gasteiger partial charge in [-0.05, 0) is 12.8 Å². The highest BCUT2D eigenvalue weighted by molar-refractivity contribution is 6.68. The Bertz CT molecular complexity index is 689. The minimum atomic E-state index is -1.66. The van der Waals surface area contributed by atoms with Gasteiger partial charge in [0, 0.05) is 24.3 Å². The summed E-state index contributed by atoms with van der Waals surface area (Å²) in [5, 5.41) is 2.60. The molecule has 30 heavy (non-hydrogen) atoms. The Kier molecular flexibility index (Phi) is 10.4. The van der Waals surface area contributed by atoms with E-state index in [2.05, 4.69) is 5.32 Å². The number of carbonyl (C=O) groups excluding carboxylic acids is 3. The van der Waals surface area contributed by atoms with E-state index in [0.29, 0.717) is 0 Å². The molecule has 0 saturated carbocycles. The van der Waals surface area contributed by atoms with Crippen molar-refractivity contribution in [2.24, 2.45) is 11.8 Å². The Labute approximate surface area is 206 Å². The van der Waals surface area contributed by atoms with Crippen molar-refractivity contribution in [3.8, 4) is 0 Å². The predicted molar refractivity (Wildman–Crippen MR) is 121 cm³/mol. The second-order valence-corrected chi connectivity index (χ2v) is 11.9. The van der Waals surface area contributed by atoms with Crippen LogP contribution < -0.4 is 5.32 Å². The van der Waals surface area contributed by atoms with E-state index in [1.165, 1.54) is 13.2 Å². The largest absolute Gasteiger partial charge is 0.499 e. The lowest BCUT2D eigenvalue weighted by Gasteiger charge is -2.33. The molecule has 0 aromatic carbocycles. The number of methoxy groups -OCH3 is 1. The highest BCUT2D eigenvalue weighted by atomic mass is 35.6. The normalized spacial score (nSPS) is 20.5. The van der Waals surface area contributed by atoms with Crippen LogP contribution in [0.3, 0.4) is 0 Å². The predicted octanol–water partition coefficient (Wildman–Crippen LogP) is 4.94. The Hall–Kier alpha value is -0.110. The molecular formula is C18H24Cl6N2O4. The van der Waals surface area contributed by atoms with Gasteiger partial charge in [0.05, 0.1) is 13.2 Å². The number of nitrogens with zero attached hydrogens (tertiary/aromatic N) is 1. The van der Waals surface area contributed by atoms with E-state index in [-0.39, 0.29) is 30.9 Å².